The number of carboxylic acids is 1. The normalized spacial score (nSPS) is 12.8. The molecule has 0 aliphatic carbocycles. The van der Waals surface area contributed by atoms with Crippen molar-refractivity contribution in [1.29, 1.82) is 0 Å². The van der Waals surface area contributed by atoms with E-state index < -0.39 is 18.1 Å². The molecule has 0 amide bonds. The van der Waals surface area contributed by atoms with Gasteiger partial charge in [0.05, 0.1) is 40.3 Å². The van der Waals surface area contributed by atoms with Gasteiger partial charge in [-0.1, -0.05) is 225 Å². The lowest BCUT2D eigenvalue weighted by molar-refractivity contribution is -0.889. The van der Waals surface area contributed by atoms with Crippen molar-refractivity contribution < 1.29 is 38.2 Å². The Bertz CT molecular complexity index is 1040. The number of carbonyl (C=O) groups excluding carboxylic acids is 3. The molecule has 0 rings (SSSR count). The number of unbranched alkanes of at least 4 members (excludes halogenated alkanes) is 34. The van der Waals surface area contributed by atoms with E-state index in [9.17, 15) is 19.5 Å². The zero-order valence-corrected chi connectivity index (χ0v) is 42.5. The van der Waals surface area contributed by atoms with Crippen molar-refractivity contribution in [3.05, 3.63) is 12.2 Å². The van der Waals surface area contributed by atoms with Crippen LogP contribution in [0.25, 0.3) is 0 Å². The Morgan fingerprint density at radius 3 is 1.14 bits per heavy atom. The van der Waals surface area contributed by atoms with Crippen molar-refractivity contribution in [1.82, 2.24) is 0 Å². The van der Waals surface area contributed by atoms with E-state index in [1.54, 1.807) is 0 Å². The molecule has 8 heteroatoms. The third-order valence-corrected chi connectivity index (χ3v) is 12.7. The standard InChI is InChI=1S/C55H105NO7/c1-6-8-10-12-14-16-18-20-22-24-26-28-29-31-33-35-37-39-41-43-45-53(57)62-50-51(49-61-48-47-52(55(59)60)56(3,4)5)63-54(58)46-44-42-40-38-36-34-32-30-27-25-23-21-19-17-15-13-11-9-7-2/h25,27,51-52H,6-24,26,28-50H2,1-5H3/b27-25+. The Kier molecular flexibility index (Phi) is 45.2. The lowest BCUT2D eigenvalue weighted by atomic mass is 10.0. The molecule has 0 radical (unpaired) electrons. The zero-order chi connectivity index (χ0) is 46.3. The Labute approximate surface area is 390 Å². The first kappa shape index (κ1) is 61.1. The number of aliphatic carboxylic acids is 1. The summed E-state index contributed by atoms with van der Waals surface area (Å²) in [5.74, 6) is -1.72. The SMILES string of the molecule is CCCCCCCCCC/C=C/CCCCCCCCCC(=O)OC(COCCC(C(=O)[O-])[N+](C)(C)C)COC(=O)CCCCCCCCCCCCCCCCCCCCCC. The molecule has 0 aromatic heterocycles. The molecule has 2 atom stereocenters. The van der Waals surface area contributed by atoms with E-state index in [0.717, 1.165) is 38.5 Å². The summed E-state index contributed by atoms with van der Waals surface area (Å²) in [6.45, 7) is 4.71. The summed E-state index contributed by atoms with van der Waals surface area (Å²) >= 11 is 0. The third kappa shape index (κ3) is 45.0. The molecule has 0 aliphatic rings. The first-order chi connectivity index (χ1) is 30.6. The molecular formula is C55H105NO7. The molecule has 8 nitrogen and oxygen atoms in total. The van der Waals surface area contributed by atoms with Crippen LogP contribution in [0.4, 0.5) is 0 Å². The summed E-state index contributed by atoms with van der Waals surface area (Å²) in [4.78, 5) is 37.1. The van der Waals surface area contributed by atoms with Crippen molar-refractivity contribution in [3.8, 4) is 0 Å². The van der Waals surface area contributed by atoms with Gasteiger partial charge in [-0.3, -0.25) is 9.59 Å². The van der Waals surface area contributed by atoms with E-state index in [4.69, 9.17) is 14.2 Å². The van der Waals surface area contributed by atoms with Gasteiger partial charge < -0.3 is 28.6 Å². The molecular weight excluding hydrogens is 787 g/mol. The monoisotopic (exact) mass is 892 g/mol. The van der Waals surface area contributed by atoms with Gasteiger partial charge in [-0.25, -0.2) is 0 Å². The summed E-state index contributed by atoms with van der Waals surface area (Å²) < 4.78 is 17.3. The van der Waals surface area contributed by atoms with Crippen molar-refractivity contribution in [2.45, 2.75) is 283 Å². The number of quaternary nitrogens is 1. The van der Waals surface area contributed by atoms with Crippen LogP contribution in [-0.4, -0.2) is 75.5 Å². The molecule has 0 heterocycles. The maximum atomic E-state index is 12.8. The highest BCUT2D eigenvalue weighted by molar-refractivity contribution is 5.70. The molecule has 63 heavy (non-hydrogen) atoms. The van der Waals surface area contributed by atoms with Crippen molar-refractivity contribution >= 4 is 17.9 Å². The second-order valence-corrected chi connectivity index (χ2v) is 19.8. The second-order valence-electron chi connectivity index (χ2n) is 19.8. The fourth-order valence-corrected chi connectivity index (χ4v) is 8.42. The molecule has 0 saturated carbocycles. The average Bonchev–Trinajstić information content (AvgIpc) is 3.24. The molecule has 0 N–H and O–H groups in total. The van der Waals surface area contributed by atoms with Crippen LogP contribution >= 0.6 is 0 Å². The van der Waals surface area contributed by atoms with Crippen LogP contribution in [0.15, 0.2) is 12.2 Å². The maximum Gasteiger partial charge on any atom is 0.306 e. The van der Waals surface area contributed by atoms with Gasteiger partial charge in [0.15, 0.2) is 6.10 Å². The smallest absolute Gasteiger partial charge is 0.306 e. The lowest BCUT2D eigenvalue weighted by Gasteiger charge is -2.34. The highest BCUT2D eigenvalue weighted by atomic mass is 16.6. The molecule has 0 spiro atoms. The molecule has 0 aromatic carbocycles. The van der Waals surface area contributed by atoms with Crippen molar-refractivity contribution in [2.75, 3.05) is 41.0 Å². The highest BCUT2D eigenvalue weighted by Crippen LogP contribution is 2.17. The second kappa shape index (κ2) is 46.6. The van der Waals surface area contributed by atoms with Crippen LogP contribution in [0.1, 0.15) is 271 Å². The maximum absolute atomic E-state index is 12.8. The molecule has 0 aromatic rings. The third-order valence-electron chi connectivity index (χ3n) is 12.7. The summed E-state index contributed by atoms with van der Waals surface area (Å²) in [7, 11) is 5.43. The number of hydrogen-bond donors (Lipinski definition) is 0. The van der Waals surface area contributed by atoms with Gasteiger partial charge in [0.2, 0.25) is 0 Å². The minimum absolute atomic E-state index is 0.0453. The number of hydrogen-bond acceptors (Lipinski definition) is 7. The van der Waals surface area contributed by atoms with E-state index in [1.807, 2.05) is 21.1 Å². The van der Waals surface area contributed by atoms with Gasteiger partial charge in [-0.05, 0) is 38.5 Å². The first-order valence-electron chi connectivity index (χ1n) is 27.2. The van der Waals surface area contributed by atoms with Gasteiger partial charge in [0.1, 0.15) is 12.6 Å². The summed E-state index contributed by atoms with van der Waals surface area (Å²) in [6.07, 6.45) is 52.4. The van der Waals surface area contributed by atoms with Crippen LogP contribution in [0.3, 0.4) is 0 Å². The molecule has 0 aliphatic heterocycles. The van der Waals surface area contributed by atoms with Gasteiger partial charge in [-0.15, -0.1) is 0 Å². The van der Waals surface area contributed by atoms with Crippen LogP contribution in [0.5, 0.6) is 0 Å². The largest absolute Gasteiger partial charge is 0.544 e. The quantitative estimate of drug-likeness (QED) is 0.0259. The number of ether oxygens (including phenoxy) is 3. The predicted octanol–water partition coefficient (Wildman–Crippen LogP) is 14.5. The molecule has 0 saturated heterocycles. The van der Waals surface area contributed by atoms with Crippen LogP contribution < -0.4 is 5.11 Å². The number of carboxylic acid groups (broad SMARTS) is 1. The number of likely N-dealkylation sites (N-methyl/N-ethyl adjacent to an activating group) is 1. The van der Waals surface area contributed by atoms with Crippen LogP contribution in [0.2, 0.25) is 0 Å². The van der Waals surface area contributed by atoms with Crippen molar-refractivity contribution in [3.63, 3.8) is 0 Å². The fourth-order valence-electron chi connectivity index (χ4n) is 8.42. The zero-order valence-electron chi connectivity index (χ0n) is 42.5. The average molecular weight is 892 g/mol. The Balaban J connectivity index is 4.18. The minimum atomic E-state index is -1.12. The topological polar surface area (TPSA) is 102 Å². The van der Waals surface area contributed by atoms with E-state index in [0.29, 0.717) is 12.8 Å². The Morgan fingerprint density at radius 1 is 0.460 bits per heavy atom. The summed E-state index contributed by atoms with van der Waals surface area (Å²) in [5.41, 5.74) is 0. The number of carbonyl (C=O) groups is 3. The fraction of sp³-hybridized carbons (Fsp3) is 0.909. The van der Waals surface area contributed by atoms with Gasteiger partial charge in [-0.2, -0.15) is 0 Å². The summed E-state index contributed by atoms with van der Waals surface area (Å²) in [6, 6.07) is -0.723. The van der Waals surface area contributed by atoms with E-state index in [1.165, 1.54) is 199 Å². The number of nitrogens with zero attached hydrogens (tertiary/aromatic N) is 1. The van der Waals surface area contributed by atoms with Gasteiger partial charge in [0.25, 0.3) is 0 Å². The van der Waals surface area contributed by atoms with Gasteiger partial charge in [0, 0.05) is 19.3 Å². The molecule has 372 valence electrons. The highest BCUT2D eigenvalue weighted by Gasteiger charge is 2.25. The number of allylic oxidation sites excluding steroid dienone is 2. The molecule has 0 bridgehead atoms. The Morgan fingerprint density at radius 2 is 0.794 bits per heavy atom. The van der Waals surface area contributed by atoms with Crippen LogP contribution in [0, 0.1) is 0 Å². The van der Waals surface area contributed by atoms with E-state index >= 15 is 0 Å². The predicted molar refractivity (Wildman–Crippen MR) is 264 cm³/mol. The Hall–Kier alpha value is -1.93. The lowest BCUT2D eigenvalue weighted by Crippen LogP contribution is -2.55. The molecule has 2 unspecified atom stereocenters. The van der Waals surface area contributed by atoms with E-state index in [-0.39, 0.29) is 42.7 Å². The minimum Gasteiger partial charge on any atom is -0.544 e. The number of rotatable bonds is 50. The molecule has 0 fully saturated rings. The summed E-state index contributed by atoms with van der Waals surface area (Å²) in [5, 5.41) is 11.7. The first-order valence-corrected chi connectivity index (χ1v) is 27.2. The van der Waals surface area contributed by atoms with E-state index in [2.05, 4.69) is 26.0 Å². The van der Waals surface area contributed by atoms with Gasteiger partial charge >= 0.3 is 11.9 Å². The van der Waals surface area contributed by atoms with Crippen LogP contribution in [-0.2, 0) is 28.6 Å². The number of esters is 2. The van der Waals surface area contributed by atoms with Crippen molar-refractivity contribution in [2.24, 2.45) is 0 Å².